The number of ether oxygens (including phenoxy) is 2. The summed E-state index contributed by atoms with van der Waals surface area (Å²) in [6.07, 6.45) is -7.23. The molecule has 3 fully saturated rings. The van der Waals surface area contributed by atoms with Gasteiger partial charge in [0.2, 0.25) is 0 Å². The molecule has 6 N–H and O–H groups in total. The van der Waals surface area contributed by atoms with E-state index < -0.39 is 74.4 Å². The second kappa shape index (κ2) is 17.2. The summed E-state index contributed by atoms with van der Waals surface area (Å²) >= 11 is 1.63. The molecule has 0 bridgehead atoms. The molecule has 3 saturated heterocycles. The number of benzene rings is 2. The van der Waals surface area contributed by atoms with Crippen LogP contribution in [0.15, 0.2) is 55.1 Å². The van der Waals surface area contributed by atoms with Crippen molar-refractivity contribution in [1.82, 2.24) is 9.88 Å². The van der Waals surface area contributed by atoms with Crippen molar-refractivity contribution in [3.05, 3.63) is 66.2 Å². The molecule has 49 heavy (non-hydrogen) atoms. The van der Waals surface area contributed by atoms with Crippen molar-refractivity contribution >= 4 is 21.6 Å². The van der Waals surface area contributed by atoms with E-state index in [0.29, 0.717) is 12.5 Å². The van der Waals surface area contributed by atoms with E-state index in [2.05, 4.69) is 29.5 Å². The first-order chi connectivity index (χ1) is 23.5. The van der Waals surface area contributed by atoms with Crippen LogP contribution in [0.1, 0.15) is 36.8 Å². The number of hydrogen-bond acceptors (Lipinski definition) is 11. The number of aromatic nitrogens is 1. The highest BCUT2D eigenvalue weighted by molar-refractivity contribution is 7.21. The smallest absolute Gasteiger partial charge is 0.155 e. The minimum Gasteiger partial charge on any atom is -0.394 e. The Kier molecular flexibility index (Phi) is 13.3. The summed E-state index contributed by atoms with van der Waals surface area (Å²) in [4.78, 5) is 6.98. The van der Waals surface area contributed by atoms with E-state index in [9.17, 15) is 34.3 Å². The van der Waals surface area contributed by atoms with Gasteiger partial charge in [0.1, 0.15) is 41.6 Å². The topological polar surface area (TPSA) is 156 Å². The maximum absolute atomic E-state index is 14.4. The van der Waals surface area contributed by atoms with Crippen molar-refractivity contribution < 1.29 is 48.9 Å². The van der Waals surface area contributed by atoms with E-state index in [-0.39, 0.29) is 6.42 Å². The van der Waals surface area contributed by atoms with Crippen LogP contribution in [0.25, 0.3) is 20.8 Å². The zero-order valence-electron chi connectivity index (χ0n) is 27.6. The van der Waals surface area contributed by atoms with E-state index >= 15 is 0 Å². The number of aliphatic hydroxyl groups is 6. The van der Waals surface area contributed by atoms with E-state index in [1.165, 1.54) is 5.56 Å². The molecule has 0 amide bonds. The maximum Gasteiger partial charge on any atom is 0.155 e. The van der Waals surface area contributed by atoms with Gasteiger partial charge in [0, 0.05) is 24.6 Å². The van der Waals surface area contributed by atoms with Gasteiger partial charge in [-0.3, -0.25) is 4.90 Å². The predicted octanol–water partition coefficient (Wildman–Crippen LogP) is 2.87. The Morgan fingerprint density at radius 3 is 2.14 bits per heavy atom. The molecule has 1 aromatic heterocycles. The van der Waals surface area contributed by atoms with Crippen LogP contribution in [0.5, 0.6) is 0 Å². The summed E-state index contributed by atoms with van der Waals surface area (Å²) in [5, 5.41) is 58.3. The Labute approximate surface area is 289 Å². The SMILES string of the molecule is C=CCN1CCCC1CCC1OC(CO)C(O)C(O)C1F.Cc1ccc2nc(-c3ccc(CC4OC(CO)C(O)C(O)C4F)cc3)sc2c1. The lowest BCUT2D eigenvalue weighted by Crippen LogP contribution is -2.57. The molecule has 3 aromatic rings. The Morgan fingerprint density at radius 1 is 0.878 bits per heavy atom. The molecule has 0 aliphatic carbocycles. The van der Waals surface area contributed by atoms with Crippen LogP contribution in [0.3, 0.4) is 0 Å². The second-order valence-corrected chi connectivity index (χ2v) is 14.2. The lowest BCUT2D eigenvalue weighted by Gasteiger charge is -2.39. The Morgan fingerprint density at radius 2 is 1.51 bits per heavy atom. The molecule has 3 aliphatic rings. The third-order valence-electron chi connectivity index (χ3n) is 9.71. The molecule has 13 heteroatoms. The summed E-state index contributed by atoms with van der Waals surface area (Å²) in [5.41, 5.74) is 3.98. The van der Waals surface area contributed by atoms with Crippen LogP contribution in [0.2, 0.25) is 0 Å². The lowest BCUT2D eigenvalue weighted by molar-refractivity contribution is -0.213. The van der Waals surface area contributed by atoms with Gasteiger partial charge in [0.25, 0.3) is 0 Å². The Hall–Kier alpha value is -2.43. The molecule has 3 aliphatic heterocycles. The summed E-state index contributed by atoms with van der Waals surface area (Å²) in [7, 11) is 0. The molecular weight excluding hydrogens is 658 g/mol. The number of fused-ring (bicyclic) bond motifs is 1. The van der Waals surface area contributed by atoms with Gasteiger partial charge in [-0.1, -0.05) is 36.4 Å². The standard InChI is InChI=1S/C21H22FNO4S.C15H26FNO4/c1-11-2-7-14-17(8-11)28-21(23-14)13-5-3-12(4-6-13)9-15-18(22)20(26)19(25)16(10-24)27-15;1-2-7-17-8-3-4-10(17)5-6-11-13(16)15(20)14(19)12(9-18)21-11/h2-8,15-16,18-20,24-26H,9-10H2,1H3;2,10-15,18-20H,1,3-9H2. The van der Waals surface area contributed by atoms with Gasteiger partial charge in [-0.15, -0.1) is 17.9 Å². The molecule has 0 radical (unpaired) electrons. The average molecular weight is 707 g/mol. The number of thiazole rings is 1. The highest BCUT2D eigenvalue weighted by atomic mass is 32.1. The molecule has 0 saturated carbocycles. The van der Waals surface area contributed by atoms with Gasteiger partial charge < -0.3 is 40.1 Å². The average Bonchev–Trinajstić information content (AvgIpc) is 3.74. The van der Waals surface area contributed by atoms with Crippen LogP contribution in [-0.4, -0.2) is 134 Å². The van der Waals surface area contributed by atoms with E-state index in [0.717, 1.165) is 58.7 Å². The van der Waals surface area contributed by atoms with Gasteiger partial charge in [-0.05, 0) is 62.4 Å². The summed E-state index contributed by atoms with van der Waals surface area (Å²) < 4.78 is 40.4. The van der Waals surface area contributed by atoms with Crippen LogP contribution >= 0.6 is 11.3 Å². The number of halogens is 2. The van der Waals surface area contributed by atoms with E-state index in [1.54, 1.807) is 11.3 Å². The van der Waals surface area contributed by atoms with Crippen molar-refractivity contribution in [2.75, 3.05) is 26.3 Å². The summed E-state index contributed by atoms with van der Waals surface area (Å²) in [6, 6.07) is 14.2. The fourth-order valence-electron chi connectivity index (χ4n) is 6.86. The molecule has 0 spiro atoms. The van der Waals surface area contributed by atoms with Crippen molar-refractivity contribution in [2.45, 2.75) is 106 Å². The number of aliphatic hydroxyl groups excluding tert-OH is 6. The largest absolute Gasteiger partial charge is 0.394 e. The summed E-state index contributed by atoms with van der Waals surface area (Å²) in [5.74, 6) is 0. The third kappa shape index (κ3) is 8.90. The zero-order chi connectivity index (χ0) is 35.2. The summed E-state index contributed by atoms with van der Waals surface area (Å²) in [6.45, 7) is 6.76. The first kappa shape index (κ1) is 37.8. The van der Waals surface area contributed by atoms with Crippen molar-refractivity contribution in [1.29, 1.82) is 0 Å². The first-order valence-electron chi connectivity index (χ1n) is 16.9. The maximum atomic E-state index is 14.4. The number of hydrogen-bond donors (Lipinski definition) is 6. The predicted molar refractivity (Wildman–Crippen MR) is 183 cm³/mol. The van der Waals surface area contributed by atoms with Crippen molar-refractivity contribution in [2.24, 2.45) is 0 Å². The number of rotatable bonds is 10. The lowest BCUT2D eigenvalue weighted by atomic mass is 9.92. The van der Waals surface area contributed by atoms with Gasteiger partial charge in [-0.2, -0.15) is 0 Å². The quantitative estimate of drug-likeness (QED) is 0.174. The minimum atomic E-state index is -1.72. The van der Waals surface area contributed by atoms with Crippen molar-refractivity contribution in [3.8, 4) is 10.6 Å². The Bertz CT molecular complexity index is 1490. The second-order valence-electron chi connectivity index (χ2n) is 13.2. The van der Waals surface area contributed by atoms with Crippen LogP contribution in [0, 0.1) is 6.92 Å². The van der Waals surface area contributed by atoms with Crippen molar-refractivity contribution in [3.63, 3.8) is 0 Å². The van der Waals surface area contributed by atoms with Crippen LogP contribution in [0.4, 0.5) is 8.78 Å². The number of aryl methyl sites for hydroxylation is 1. The number of alkyl halides is 2. The monoisotopic (exact) mass is 706 g/mol. The number of likely N-dealkylation sites (tertiary alicyclic amines) is 1. The fraction of sp³-hybridized carbons (Fsp3) is 0.583. The fourth-order valence-corrected chi connectivity index (χ4v) is 7.93. The molecule has 10 nitrogen and oxygen atoms in total. The third-order valence-corrected chi connectivity index (χ3v) is 10.8. The molecular formula is C36H48F2N2O8S. The van der Waals surface area contributed by atoms with Crippen LogP contribution in [-0.2, 0) is 15.9 Å². The molecule has 11 atom stereocenters. The van der Waals surface area contributed by atoms with Gasteiger partial charge >= 0.3 is 0 Å². The van der Waals surface area contributed by atoms with Gasteiger partial charge in [-0.25, -0.2) is 13.8 Å². The van der Waals surface area contributed by atoms with E-state index in [1.807, 2.05) is 42.5 Å². The normalized spacial score (nSPS) is 33.7. The highest BCUT2D eigenvalue weighted by Gasteiger charge is 2.45. The van der Waals surface area contributed by atoms with Gasteiger partial charge in [0.15, 0.2) is 12.3 Å². The zero-order valence-corrected chi connectivity index (χ0v) is 28.4. The highest BCUT2D eigenvalue weighted by Crippen LogP contribution is 2.32. The minimum absolute atomic E-state index is 0.237. The molecule has 2 aromatic carbocycles. The molecule has 4 heterocycles. The number of nitrogens with zero attached hydrogens (tertiary/aromatic N) is 2. The first-order valence-corrected chi connectivity index (χ1v) is 17.7. The molecule has 270 valence electrons. The van der Waals surface area contributed by atoms with Gasteiger partial charge in [0.05, 0.1) is 35.6 Å². The molecule has 11 unspecified atom stereocenters. The molecule has 6 rings (SSSR count). The Balaban J connectivity index is 0.000000200. The van der Waals surface area contributed by atoms with Crippen LogP contribution < -0.4 is 0 Å². The van der Waals surface area contributed by atoms with E-state index in [4.69, 9.17) is 14.6 Å².